The van der Waals surface area contributed by atoms with E-state index in [9.17, 15) is 14.2 Å². The first-order valence-electron chi connectivity index (χ1n) is 11.8. The molecule has 18 heteroatoms. The molecule has 0 aromatic heterocycles. The van der Waals surface area contributed by atoms with Crippen molar-refractivity contribution in [2.75, 3.05) is 26.6 Å². The van der Waals surface area contributed by atoms with Crippen molar-refractivity contribution >= 4 is 38.1 Å². The third kappa shape index (κ3) is 5.91. The standard InChI is InChI=1S/C20H30FN6O10P/c1-5-31-16-13-15(25-18(22)26-16)27(8-23-13)17-20(4,21)14-11(36-17)7-33-38(30,34-9-32-19(29)37-14)24-6-12(28)35-10(2)3/h8,10-11,13-15,17H,5-7,9H2,1-4H3,(H2,22,25)(H,24,30)/t11-,13?,14?,15?,17-,20?,38?/m1/s1. The molecule has 2 fully saturated rings. The second-order valence-corrected chi connectivity index (χ2v) is 10.8. The highest BCUT2D eigenvalue weighted by atomic mass is 31.2. The first-order valence-corrected chi connectivity index (χ1v) is 13.3. The van der Waals surface area contributed by atoms with E-state index in [2.05, 4.69) is 20.1 Å². The van der Waals surface area contributed by atoms with E-state index in [-0.39, 0.29) is 11.9 Å². The van der Waals surface area contributed by atoms with Gasteiger partial charge in [-0.05, 0) is 27.7 Å². The highest BCUT2D eigenvalue weighted by molar-refractivity contribution is 7.51. The number of nitrogens with one attached hydrogen (secondary N) is 1. The molecule has 2 saturated heterocycles. The summed E-state index contributed by atoms with van der Waals surface area (Å²) in [5, 5.41) is 2.32. The molecule has 4 aliphatic rings. The van der Waals surface area contributed by atoms with E-state index in [1.807, 2.05) is 0 Å². The average Bonchev–Trinajstić information content (AvgIpc) is 3.34. The molecular formula is C20H30FN6O10P. The Morgan fingerprint density at radius 3 is 2.89 bits per heavy atom. The van der Waals surface area contributed by atoms with Crippen molar-refractivity contribution in [3.05, 3.63) is 0 Å². The molecule has 4 rings (SSSR count). The van der Waals surface area contributed by atoms with E-state index >= 15 is 4.39 Å². The Balaban J connectivity index is 1.52. The number of esters is 1. The fourth-order valence-electron chi connectivity index (χ4n) is 4.20. The normalized spacial score (nSPS) is 36.9. The molecule has 0 aromatic carbocycles. The van der Waals surface area contributed by atoms with Gasteiger partial charge < -0.3 is 34.3 Å². The van der Waals surface area contributed by atoms with Crippen LogP contribution in [0.5, 0.6) is 0 Å². The molecule has 7 atom stereocenters. The van der Waals surface area contributed by atoms with Crippen molar-refractivity contribution in [2.24, 2.45) is 20.7 Å². The number of nitrogens with zero attached hydrogens (tertiary/aromatic N) is 4. The SMILES string of the molecule is CCOC1=NC(N)=NC2C1N=CN2[C@@H]1O[C@@H]2COP(=O)(NCC(=O)OC(C)C)OCOC(=O)OC2C1(C)F. The summed E-state index contributed by atoms with van der Waals surface area (Å²) < 4.78 is 66.2. The van der Waals surface area contributed by atoms with Crippen LogP contribution in [0.2, 0.25) is 0 Å². The van der Waals surface area contributed by atoms with Crippen LogP contribution in [-0.4, -0.2) is 104 Å². The lowest BCUT2D eigenvalue weighted by Gasteiger charge is -2.35. The van der Waals surface area contributed by atoms with Crippen molar-refractivity contribution in [2.45, 2.75) is 70.1 Å². The van der Waals surface area contributed by atoms with E-state index in [1.165, 1.54) is 11.2 Å². The molecule has 4 heterocycles. The number of guanidine groups is 1. The van der Waals surface area contributed by atoms with Crippen LogP contribution in [-0.2, 0) is 42.1 Å². The molecule has 0 bridgehead atoms. The van der Waals surface area contributed by atoms with Crippen molar-refractivity contribution in [1.29, 1.82) is 0 Å². The molecule has 3 N–H and O–H groups in total. The summed E-state index contributed by atoms with van der Waals surface area (Å²) in [7, 11) is -4.24. The number of cyclic esters (lactones) is 1. The molecule has 0 amide bonds. The minimum atomic E-state index is -4.24. The molecule has 5 unspecified atom stereocenters. The summed E-state index contributed by atoms with van der Waals surface area (Å²) in [4.78, 5) is 38.1. The Morgan fingerprint density at radius 2 is 2.18 bits per heavy atom. The monoisotopic (exact) mass is 564 g/mol. The Bertz CT molecular complexity index is 1070. The molecule has 16 nitrogen and oxygen atoms in total. The van der Waals surface area contributed by atoms with E-state index in [0.29, 0.717) is 6.61 Å². The molecule has 0 aromatic rings. The molecular weight excluding hydrogens is 534 g/mol. The highest BCUT2D eigenvalue weighted by Crippen LogP contribution is 2.47. The van der Waals surface area contributed by atoms with Gasteiger partial charge in [-0.15, -0.1) is 0 Å². The molecule has 0 saturated carbocycles. The third-order valence-corrected chi connectivity index (χ3v) is 7.23. The number of hydrogen-bond acceptors (Lipinski definition) is 15. The predicted octanol–water partition coefficient (Wildman–Crippen LogP) is 0.417. The van der Waals surface area contributed by atoms with Gasteiger partial charge in [0, 0.05) is 0 Å². The topological polar surface area (TPSA) is 194 Å². The summed E-state index contributed by atoms with van der Waals surface area (Å²) in [5.74, 6) is -0.605. The Kier molecular flexibility index (Phi) is 8.23. The number of alkyl halides is 1. The summed E-state index contributed by atoms with van der Waals surface area (Å²) >= 11 is 0. The number of nitrogens with two attached hydrogens (primary N) is 1. The molecule has 0 radical (unpaired) electrons. The number of carbonyl (C=O) groups excluding carboxylic acids is 2. The van der Waals surface area contributed by atoms with Crippen LogP contribution in [0, 0.1) is 0 Å². The summed E-state index contributed by atoms with van der Waals surface area (Å²) in [6.45, 7) is 4.56. The maximum absolute atomic E-state index is 16.3. The number of ether oxygens (including phenoxy) is 5. The molecule has 0 spiro atoms. The fourth-order valence-corrected chi connectivity index (χ4v) is 5.31. The summed E-state index contributed by atoms with van der Waals surface area (Å²) in [5.41, 5.74) is 3.47. The largest absolute Gasteiger partial charge is 0.510 e. The van der Waals surface area contributed by atoms with E-state index in [0.717, 1.165) is 6.92 Å². The van der Waals surface area contributed by atoms with Crippen LogP contribution in [0.1, 0.15) is 27.7 Å². The predicted molar refractivity (Wildman–Crippen MR) is 127 cm³/mol. The number of rotatable bonds is 6. The zero-order chi connectivity index (χ0) is 27.7. The maximum Gasteiger partial charge on any atom is 0.510 e. The van der Waals surface area contributed by atoms with Gasteiger partial charge in [-0.1, -0.05) is 0 Å². The van der Waals surface area contributed by atoms with Crippen LogP contribution in [0.15, 0.2) is 15.0 Å². The van der Waals surface area contributed by atoms with E-state index < -0.39 is 82.2 Å². The average molecular weight is 564 g/mol. The van der Waals surface area contributed by atoms with Gasteiger partial charge in [-0.3, -0.25) is 18.8 Å². The van der Waals surface area contributed by atoms with Crippen molar-refractivity contribution in [3.63, 3.8) is 0 Å². The minimum absolute atomic E-state index is 0.0916. The lowest BCUT2D eigenvalue weighted by atomic mass is 9.97. The minimum Gasteiger partial charge on any atom is -0.479 e. The van der Waals surface area contributed by atoms with Crippen molar-refractivity contribution in [1.82, 2.24) is 9.99 Å². The molecule has 0 aliphatic carbocycles. The first kappa shape index (κ1) is 28.2. The van der Waals surface area contributed by atoms with E-state index in [4.69, 9.17) is 38.5 Å². The Morgan fingerprint density at radius 1 is 1.42 bits per heavy atom. The maximum atomic E-state index is 16.3. The second-order valence-electron chi connectivity index (χ2n) is 8.97. The van der Waals surface area contributed by atoms with Gasteiger partial charge >= 0.3 is 19.9 Å². The van der Waals surface area contributed by atoms with Gasteiger partial charge in [-0.2, -0.15) is 4.99 Å². The lowest BCUT2D eigenvalue weighted by molar-refractivity contribution is -0.146. The fraction of sp³-hybridized carbons (Fsp3) is 0.750. The number of aliphatic imine (C=N–C) groups is 3. The van der Waals surface area contributed by atoms with Crippen LogP contribution < -0.4 is 10.8 Å². The number of carbonyl (C=O) groups is 2. The molecule has 4 aliphatic heterocycles. The molecule has 38 heavy (non-hydrogen) atoms. The molecule has 212 valence electrons. The van der Waals surface area contributed by atoms with Crippen LogP contribution in [0.3, 0.4) is 0 Å². The van der Waals surface area contributed by atoms with Crippen LogP contribution >= 0.6 is 7.75 Å². The Hall–Kier alpha value is -2.85. The smallest absolute Gasteiger partial charge is 0.479 e. The van der Waals surface area contributed by atoms with Crippen LogP contribution in [0.25, 0.3) is 0 Å². The second kappa shape index (κ2) is 11.1. The first-order chi connectivity index (χ1) is 17.9. The number of hydrogen-bond donors (Lipinski definition) is 2. The quantitative estimate of drug-likeness (QED) is 0.333. The van der Waals surface area contributed by atoms with Gasteiger partial charge in [0.2, 0.25) is 18.7 Å². The Labute approximate surface area is 217 Å². The zero-order valence-corrected chi connectivity index (χ0v) is 22.0. The zero-order valence-electron chi connectivity index (χ0n) is 21.1. The number of halogens is 1. The third-order valence-electron chi connectivity index (χ3n) is 5.75. The van der Waals surface area contributed by atoms with Crippen molar-refractivity contribution < 1.29 is 51.3 Å². The highest BCUT2D eigenvalue weighted by Gasteiger charge is 2.62. The number of fused-ring (bicyclic) bond motifs is 2. The summed E-state index contributed by atoms with van der Waals surface area (Å²) in [6, 6.07) is -0.702. The van der Waals surface area contributed by atoms with Gasteiger partial charge in [0.15, 0.2) is 30.2 Å². The van der Waals surface area contributed by atoms with Crippen LogP contribution in [0.4, 0.5) is 9.18 Å². The van der Waals surface area contributed by atoms with Gasteiger partial charge in [0.25, 0.3) is 0 Å². The van der Waals surface area contributed by atoms with Crippen molar-refractivity contribution in [3.8, 4) is 0 Å². The lowest BCUT2D eigenvalue weighted by Crippen LogP contribution is -2.55. The summed E-state index contributed by atoms with van der Waals surface area (Å²) in [6.07, 6.45) is -5.47. The van der Waals surface area contributed by atoms with Gasteiger partial charge in [-0.25, -0.2) is 23.8 Å². The van der Waals surface area contributed by atoms with Gasteiger partial charge in [0.05, 0.1) is 25.7 Å². The van der Waals surface area contributed by atoms with Gasteiger partial charge in [0.1, 0.15) is 12.6 Å². The van der Waals surface area contributed by atoms with E-state index in [1.54, 1.807) is 20.8 Å².